The largest absolute Gasteiger partial charge is 0.508 e. The number of hydrogen-bond acceptors (Lipinski definition) is 7. The zero-order chi connectivity index (χ0) is 35.7. The van der Waals surface area contributed by atoms with Gasteiger partial charge in [-0.1, -0.05) is 36.8 Å². The van der Waals surface area contributed by atoms with Gasteiger partial charge in [0, 0.05) is 84.4 Å². The van der Waals surface area contributed by atoms with Crippen LogP contribution in [0, 0.1) is 17.3 Å². The summed E-state index contributed by atoms with van der Waals surface area (Å²) >= 11 is 3.35. The van der Waals surface area contributed by atoms with Gasteiger partial charge in [0.25, 0.3) is 0 Å². The summed E-state index contributed by atoms with van der Waals surface area (Å²) in [6, 6.07) is 14.3. The van der Waals surface area contributed by atoms with Crippen LogP contribution in [0.4, 0.5) is 0 Å². The minimum atomic E-state index is -0.421. The molecule has 3 fully saturated rings. The fourth-order valence-electron chi connectivity index (χ4n) is 10.4. The van der Waals surface area contributed by atoms with E-state index < -0.39 is 5.60 Å². The number of carbonyl (C=O) groups is 2. The van der Waals surface area contributed by atoms with Crippen molar-refractivity contribution < 1.29 is 24.2 Å². The number of aromatic nitrogens is 2. The Labute approximate surface area is 308 Å². The quantitative estimate of drug-likeness (QED) is 0.169. The fraction of sp³-hybridized carbons (Fsp3) is 0.452. The highest BCUT2D eigenvalue weighted by Crippen LogP contribution is 2.58. The number of ether oxygens (including phenoxy) is 2. The first kappa shape index (κ1) is 34.3. The van der Waals surface area contributed by atoms with Crippen molar-refractivity contribution in [2.24, 2.45) is 24.3 Å². The summed E-state index contributed by atoms with van der Waals surface area (Å²) in [6.07, 6.45) is 14.3. The molecule has 2 saturated carbocycles. The van der Waals surface area contributed by atoms with E-state index in [1.54, 1.807) is 18.3 Å². The van der Waals surface area contributed by atoms with E-state index in [-0.39, 0.29) is 23.3 Å². The standard InChI is InChI=1S/C24H26BrN3O3.C18H20O2/c1-27-13-17-8-21-24(30-3,19-5-4-6-20(27)22(17)19)9-15(12-28(21)2)14-31-23(29)16-7-18(25)11-26-10-16;1-18-9-8-14-13-5-3-12(19)10-11(13)2-4-15(14)16(18)6-7-17(18)20/h4-7,10-11,13,15,21H,8-9,12,14H2,1-3H3;3-5,10,14,16,19H,2,6-9H2,1H3. The van der Waals surface area contributed by atoms with Gasteiger partial charge >= 0.3 is 5.97 Å². The van der Waals surface area contributed by atoms with Gasteiger partial charge in [-0.15, -0.1) is 0 Å². The van der Waals surface area contributed by atoms with Gasteiger partial charge in [0.2, 0.25) is 0 Å². The van der Waals surface area contributed by atoms with Crippen molar-refractivity contribution in [1.29, 1.82) is 0 Å². The first-order valence-electron chi connectivity index (χ1n) is 18.2. The first-order valence-corrected chi connectivity index (χ1v) is 19.0. The van der Waals surface area contributed by atoms with Crippen molar-refractivity contribution in [3.05, 3.63) is 105 Å². The second kappa shape index (κ2) is 13.0. The number of methoxy groups -OCH3 is 1. The van der Waals surface area contributed by atoms with Crippen molar-refractivity contribution in [3.8, 4) is 5.75 Å². The molecular formula is C42H46BrN3O5. The number of halogens is 1. The second-order valence-corrected chi connectivity index (χ2v) is 16.5. The molecule has 1 N–H and O–H groups in total. The van der Waals surface area contributed by atoms with Crippen molar-refractivity contribution in [1.82, 2.24) is 14.5 Å². The van der Waals surface area contributed by atoms with E-state index in [0.717, 1.165) is 56.0 Å². The maximum Gasteiger partial charge on any atom is 0.339 e. The molecule has 5 aliphatic rings. The molecule has 266 valence electrons. The number of carbonyl (C=O) groups excluding carboxylic acids is 2. The molecule has 0 bridgehead atoms. The van der Waals surface area contributed by atoms with Crippen molar-refractivity contribution in [3.63, 3.8) is 0 Å². The molecule has 0 spiro atoms. The van der Waals surface area contributed by atoms with Crippen LogP contribution in [-0.2, 0) is 39.8 Å². The molecule has 9 rings (SSSR count). The van der Waals surface area contributed by atoms with E-state index in [2.05, 4.69) is 87.9 Å². The molecule has 3 heterocycles. The van der Waals surface area contributed by atoms with Crippen LogP contribution in [0.2, 0.25) is 0 Å². The summed E-state index contributed by atoms with van der Waals surface area (Å²) in [7, 11) is 6.07. The number of fused-ring (bicyclic) bond motifs is 7. The molecule has 1 saturated heterocycles. The summed E-state index contributed by atoms with van der Waals surface area (Å²) in [5.74, 6) is 1.58. The number of aryl methyl sites for hydroxylation is 1. The summed E-state index contributed by atoms with van der Waals surface area (Å²) in [6.45, 7) is 3.39. The number of Topliss-reactive ketones (excluding diaryl/α,β-unsaturated/α-hetero) is 1. The molecule has 8 nitrogen and oxygen atoms in total. The molecule has 2 aromatic heterocycles. The van der Waals surface area contributed by atoms with E-state index in [0.29, 0.717) is 35.5 Å². The number of likely N-dealkylation sites (tertiary alicyclic amines) is 1. The summed E-state index contributed by atoms with van der Waals surface area (Å²) in [4.78, 5) is 31.2. The number of nitrogens with zero attached hydrogens (tertiary/aromatic N) is 3. The molecular weight excluding hydrogens is 706 g/mol. The van der Waals surface area contributed by atoms with Gasteiger partial charge in [-0.2, -0.15) is 0 Å². The van der Waals surface area contributed by atoms with Gasteiger partial charge in [-0.3, -0.25) is 14.7 Å². The molecule has 4 aromatic rings. The van der Waals surface area contributed by atoms with Crippen LogP contribution >= 0.6 is 15.9 Å². The predicted molar refractivity (Wildman–Crippen MR) is 200 cm³/mol. The normalized spacial score (nSPS) is 29.2. The van der Waals surface area contributed by atoms with Gasteiger partial charge in [-0.25, -0.2) is 4.79 Å². The van der Waals surface area contributed by atoms with E-state index in [1.807, 2.05) is 13.2 Å². The van der Waals surface area contributed by atoms with Crippen LogP contribution in [0.25, 0.3) is 10.9 Å². The highest BCUT2D eigenvalue weighted by molar-refractivity contribution is 9.10. The zero-order valence-electron chi connectivity index (χ0n) is 29.8. The number of phenols is 1. The number of hydrogen-bond donors (Lipinski definition) is 1. The Morgan fingerprint density at radius 1 is 1.12 bits per heavy atom. The molecule has 4 aliphatic carbocycles. The van der Waals surface area contributed by atoms with E-state index in [1.165, 1.54) is 44.9 Å². The van der Waals surface area contributed by atoms with Crippen LogP contribution < -0.4 is 0 Å². The minimum absolute atomic E-state index is 0.100. The van der Waals surface area contributed by atoms with Gasteiger partial charge in [0.1, 0.15) is 17.1 Å². The fourth-order valence-corrected chi connectivity index (χ4v) is 10.7. The Hall–Kier alpha value is -3.79. The zero-order valence-corrected chi connectivity index (χ0v) is 31.4. The molecule has 2 aromatic carbocycles. The highest BCUT2D eigenvalue weighted by atomic mass is 79.9. The maximum absolute atomic E-state index is 12.5. The number of rotatable bonds is 4. The number of phenolic OH excluding ortho intramolecular Hbond substituents is 1. The Morgan fingerprint density at radius 2 is 1.96 bits per heavy atom. The van der Waals surface area contributed by atoms with Gasteiger partial charge in [0.15, 0.2) is 0 Å². The molecule has 6 atom stereocenters. The second-order valence-electron chi connectivity index (χ2n) is 15.6. The van der Waals surface area contributed by atoms with E-state index in [9.17, 15) is 14.7 Å². The molecule has 9 heteroatoms. The third kappa shape index (κ3) is 5.67. The lowest BCUT2D eigenvalue weighted by Crippen LogP contribution is -2.59. The Kier molecular flexibility index (Phi) is 8.75. The minimum Gasteiger partial charge on any atom is -0.508 e. The average Bonchev–Trinajstić information content (AvgIpc) is 3.62. The van der Waals surface area contributed by atoms with Crippen LogP contribution in [-0.4, -0.2) is 64.7 Å². The van der Waals surface area contributed by atoms with Crippen LogP contribution in [0.15, 0.2) is 77.2 Å². The number of pyridine rings is 1. The third-order valence-electron chi connectivity index (χ3n) is 12.8. The number of esters is 1. The Morgan fingerprint density at radius 3 is 2.76 bits per heavy atom. The maximum atomic E-state index is 12.5. The smallest absolute Gasteiger partial charge is 0.339 e. The van der Waals surface area contributed by atoms with Crippen molar-refractivity contribution >= 4 is 38.6 Å². The van der Waals surface area contributed by atoms with Gasteiger partial charge < -0.3 is 19.1 Å². The van der Waals surface area contributed by atoms with Crippen molar-refractivity contribution in [2.75, 3.05) is 27.3 Å². The molecule has 6 unspecified atom stereocenters. The lowest BCUT2D eigenvalue weighted by molar-refractivity contribution is -0.131. The Bertz CT molecular complexity index is 2070. The highest BCUT2D eigenvalue weighted by Gasteiger charge is 2.53. The third-order valence-corrected chi connectivity index (χ3v) is 13.2. The molecule has 51 heavy (non-hydrogen) atoms. The van der Waals surface area contributed by atoms with Gasteiger partial charge in [0.05, 0.1) is 12.2 Å². The first-order chi connectivity index (χ1) is 24.5. The summed E-state index contributed by atoms with van der Waals surface area (Å²) < 4.78 is 15.0. The number of benzene rings is 2. The van der Waals surface area contributed by atoms with Crippen LogP contribution in [0.1, 0.15) is 77.6 Å². The molecule has 0 radical (unpaired) electrons. The molecule has 0 amide bonds. The monoisotopic (exact) mass is 751 g/mol. The summed E-state index contributed by atoms with van der Waals surface area (Å²) in [5.41, 5.74) is 7.93. The number of ketones is 1. The van der Waals surface area contributed by atoms with E-state index in [4.69, 9.17) is 9.47 Å². The van der Waals surface area contributed by atoms with Crippen LogP contribution in [0.3, 0.4) is 0 Å². The number of aromatic hydroxyl groups is 1. The summed E-state index contributed by atoms with van der Waals surface area (Å²) in [5, 5.41) is 11.0. The van der Waals surface area contributed by atoms with Gasteiger partial charge in [-0.05, 0) is 114 Å². The van der Waals surface area contributed by atoms with E-state index >= 15 is 0 Å². The SMILES string of the molecule is CC12CCC3C(=CCc4cc(O)ccc43)C1CCC2=O.COC12CC(COC(=O)c3cncc(Br)c3)CN(C)C1Cc1cn(C)c3cccc2c13. The number of piperidine rings is 1. The Balaban J connectivity index is 0.000000161. The topological polar surface area (TPSA) is 93.9 Å². The van der Waals surface area contributed by atoms with Crippen molar-refractivity contribution in [2.45, 2.75) is 69.4 Å². The predicted octanol–water partition coefficient (Wildman–Crippen LogP) is 7.65. The number of likely N-dealkylation sites (N-methyl/N-ethyl adjacent to an activating group) is 1. The lowest BCUT2D eigenvalue weighted by Gasteiger charge is -2.53. The lowest BCUT2D eigenvalue weighted by atomic mass is 9.60. The molecule has 1 aliphatic heterocycles. The average molecular weight is 753 g/mol. The number of allylic oxidation sites excluding steroid dienone is 2. The van der Waals surface area contributed by atoms with Crippen LogP contribution in [0.5, 0.6) is 5.75 Å².